The van der Waals surface area contributed by atoms with Gasteiger partial charge >= 0.3 is 0 Å². The Kier molecular flexibility index (Phi) is 3.62. The van der Waals surface area contributed by atoms with Crippen LogP contribution >= 0.6 is 11.6 Å². The first-order valence-electron chi connectivity index (χ1n) is 5.61. The third-order valence-corrected chi connectivity index (χ3v) is 2.69. The van der Waals surface area contributed by atoms with Gasteiger partial charge in [0.1, 0.15) is 0 Å². The van der Waals surface area contributed by atoms with E-state index in [1.54, 1.807) is 0 Å². The van der Waals surface area contributed by atoms with Gasteiger partial charge in [-0.3, -0.25) is 0 Å². The van der Waals surface area contributed by atoms with Gasteiger partial charge in [-0.05, 0) is 37.6 Å². The van der Waals surface area contributed by atoms with E-state index >= 15 is 0 Å². The highest BCUT2D eigenvalue weighted by Gasteiger charge is 2.12. The normalized spacial score (nSPS) is 10.4. The molecule has 0 aliphatic carbocycles. The van der Waals surface area contributed by atoms with Gasteiger partial charge in [0.2, 0.25) is 17.2 Å². The van der Waals surface area contributed by atoms with Crippen molar-refractivity contribution in [2.24, 2.45) is 0 Å². The van der Waals surface area contributed by atoms with Gasteiger partial charge in [0.05, 0.1) is 0 Å². The van der Waals surface area contributed by atoms with Gasteiger partial charge in [0.25, 0.3) is 0 Å². The Morgan fingerprint density at radius 3 is 2.39 bits per heavy atom. The van der Waals surface area contributed by atoms with Gasteiger partial charge in [0.15, 0.2) is 0 Å². The Hall–Kier alpha value is -1.88. The van der Waals surface area contributed by atoms with Crippen LogP contribution in [0.1, 0.15) is 12.5 Å². The summed E-state index contributed by atoms with van der Waals surface area (Å²) in [5, 5.41) is 0.100. The number of hydrogen-bond donors (Lipinski definition) is 1. The van der Waals surface area contributed by atoms with Gasteiger partial charge in [-0.15, -0.1) is 0 Å². The van der Waals surface area contributed by atoms with Crippen molar-refractivity contribution in [1.29, 1.82) is 0 Å². The fourth-order valence-electron chi connectivity index (χ4n) is 1.64. The maximum Gasteiger partial charge on any atom is 0.236 e. The van der Waals surface area contributed by atoms with E-state index in [0.29, 0.717) is 12.5 Å². The van der Waals surface area contributed by atoms with Gasteiger partial charge in [-0.1, -0.05) is 17.7 Å². The number of aryl methyl sites for hydroxylation is 1. The van der Waals surface area contributed by atoms with Crippen LogP contribution in [0, 0.1) is 6.92 Å². The van der Waals surface area contributed by atoms with Crippen molar-refractivity contribution in [2.45, 2.75) is 13.8 Å². The number of nitrogens with two attached hydrogens (primary N) is 1. The molecule has 0 aliphatic heterocycles. The van der Waals surface area contributed by atoms with Crippen molar-refractivity contribution < 1.29 is 0 Å². The molecule has 0 fully saturated rings. The molecule has 6 heteroatoms. The zero-order valence-corrected chi connectivity index (χ0v) is 11.0. The van der Waals surface area contributed by atoms with Gasteiger partial charge in [0, 0.05) is 12.2 Å². The molecule has 0 atom stereocenters. The second-order valence-electron chi connectivity index (χ2n) is 3.84. The highest BCUT2D eigenvalue weighted by Crippen LogP contribution is 2.23. The minimum absolute atomic E-state index is 0.100. The second kappa shape index (κ2) is 5.18. The summed E-state index contributed by atoms with van der Waals surface area (Å²) in [6.45, 7) is 4.76. The van der Waals surface area contributed by atoms with Crippen LogP contribution in [-0.4, -0.2) is 21.5 Å². The third-order valence-electron chi connectivity index (χ3n) is 2.52. The second-order valence-corrected chi connectivity index (χ2v) is 4.18. The highest BCUT2D eigenvalue weighted by molar-refractivity contribution is 6.28. The average molecular weight is 264 g/mol. The van der Waals surface area contributed by atoms with E-state index in [1.165, 1.54) is 5.56 Å². The predicted octanol–water partition coefficient (Wildman–Crippen LogP) is 2.57. The van der Waals surface area contributed by atoms with Crippen LogP contribution in [0.5, 0.6) is 0 Å². The molecule has 0 amide bonds. The summed E-state index contributed by atoms with van der Waals surface area (Å²) in [6, 6.07) is 8.08. The van der Waals surface area contributed by atoms with Crippen LogP contribution in [0.25, 0.3) is 0 Å². The number of anilines is 3. The maximum atomic E-state index is 5.79. The largest absolute Gasteiger partial charge is 0.368 e. The van der Waals surface area contributed by atoms with E-state index in [9.17, 15) is 0 Å². The Morgan fingerprint density at radius 1 is 1.17 bits per heavy atom. The molecule has 2 aromatic rings. The van der Waals surface area contributed by atoms with Crippen molar-refractivity contribution in [3.05, 3.63) is 35.1 Å². The first kappa shape index (κ1) is 12.6. The summed E-state index contributed by atoms with van der Waals surface area (Å²) in [7, 11) is 0. The lowest BCUT2D eigenvalue weighted by Gasteiger charge is -2.21. The molecule has 0 spiro atoms. The first-order chi connectivity index (χ1) is 8.60. The summed E-state index contributed by atoms with van der Waals surface area (Å²) in [5.74, 6) is 0.578. The fraction of sp³-hybridized carbons (Fsp3) is 0.250. The Morgan fingerprint density at radius 2 is 1.83 bits per heavy atom. The standard InChI is InChI=1S/C12H14ClN5/c1-3-18(9-6-4-8(2)5-7-9)12-16-10(13)15-11(14)17-12/h4-7H,3H2,1-2H3,(H2,14,15,16,17). The molecule has 0 radical (unpaired) electrons. The van der Waals surface area contributed by atoms with Crippen LogP contribution in [0.3, 0.4) is 0 Å². The smallest absolute Gasteiger partial charge is 0.236 e. The lowest BCUT2D eigenvalue weighted by molar-refractivity contribution is 0.927. The van der Waals surface area contributed by atoms with Crippen LogP contribution < -0.4 is 10.6 Å². The van der Waals surface area contributed by atoms with E-state index in [4.69, 9.17) is 17.3 Å². The lowest BCUT2D eigenvalue weighted by atomic mass is 10.2. The van der Waals surface area contributed by atoms with Crippen LogP contribution in [0.4, 0.5) is 17.6 Å². The average Bonchev–Trinajstić information content (AvgIpc) is 2.31. The molecule has 94 valence electrons. The molecule has 0 saturated heterocycles. The molecule has 0 bridgehead atoms. The SMILES string of the molecule is CCN(c1ccc(C)cc1)c1nc(N)nc(Cl)n1. The van der Waals surface area contributed by atoms with E-state index in [-0.39, 0.29) is 11.2 Å². The number of nitrogen functional groups attached to an aromatic ring is 1. The van der Waals surface area contributed by atoms with Crippen LogP contribution in [0.15, 0.2) is 24.3 Å². The van der Waals surface area contributed by atoms with E-state index in [2.05, 4.69) is 15.0 Å². The number of aromatic nitrogens is 3. The molecule has 0 saturated carbocycles. The van der Waals surface area contributed by atoms with Crippen LogP contribution in [-0.2, 0) is 0 Å². The molecule has 2 N–H and O–H groups in total. The zero-order chi connectivity index (χ0) is 13.1. The molecular weight excluding hydrogens is 250 g/mol. The number of rotatable bonds is 3. The van der Waals surface area contributed by atoms with E-state index in [1.807, 2.05) is 43.0 Å². The number of nitrogens with zero attached hydrogens (tertiary/aromatic N) is 4. The van der Waals surface area contributed by atoms with Crippen molar-refractivity contribution >= 4 is 29.2 Å². The Labute approximate surface area is 111 Å². The topological polar surface area (TPSA) is 67.9 Å². The van der Waals surface area contributed by atoms with Crippen molar-refractivity contribution in [1.82, 2.24) is 15.0 Å². The summed E-state index contributed by atoms with van der Waals surface area (Å²) in [4.78, 5) is 13.9. The minimum Gasteiger partial charge on any atom is -0.368 e. The molecule has 1 heterocycles. The van der Waals surface area contributed by atoms with E-state index < -0.39 is 0 Å². The summed E-state index contributed by atoms with van der Waals surface area (Å²) in [6.07, 6.45) is 0. The summed E-state index contributed by atoms with van der Waals surface area (Å²) >= 11 is 5.79. The highest BCUT2D eigenvalue weighted by atomic mass is 35.5. The molecule has 0 unspecified atom stereocenters. The van der Waals surface area contributed by atoms with Gasteiger partial charge in [-0.25, -0.2) is 0 Å². The van der Waals surface area contributed by atoms with Gasteiger partial charge < -0.3 is 10.6 Å². The summed E-state index contributed by atoms with van der Waals surface area (Å²) in [5.41, 5.74) is 7.77. The number of halogens is 1. The first-order valence-corrected chi connectivity index (χ1v) is 5.99. The number of hydrogen-bond acceptors (Lipinski definition) is 5. The van der Waals surface area contributed by atoms with Crippen molar-refractivity contribution in [2.75, 3.05) is 17.2 Å². The third kappa shape index (κ3) is 2.68. The Balaban J connectivity index is 2.41. The molecule has 2 rings (SSSR count). The monoisotopic (exact) mass is 263 g/mol. The molecule has 0 aliphatic rings. The lowest BCUT2D eigenvalue weighted by Crippen LogP contribution is -2.19. The van der Waals surface area contributed by atoms with Crippen molar-refractivity contribution in [3.8, 4) is 0 Å². The number of benzene rings is 1. The maximum absolute atomic E-state index is 5.79. The van der Waals surface area contributed by atoms with Crippen molar-refractivity contribution in [3.63, 3.8) is 0 Å². The molecule has 5 nitrogen and oxygen atoms in total. The summed E-state index contributed by atoms with van der Waals surface area (Å²) < 4.78 is 0. The molecular formula is C12H14ClN5. The fourth-order valence-corrected chi connectivity index (χ4v) is 1.80. The molecule has 1 aromatic heterocycles. The quantitative estimate of drug-likeness (QED) is 0.922. The molecule has 18 heavy (non-hydrogen) atoms. The zero-order valence-electron chi connectivity index (χ0n) is 10.3. The minimum atomic E-state index is 0.100. The van der Waals surface area contributed by atoms with E-state index in [0.717, 1.165) is 5.69 Å². The van der Waals surface area contributed by atoms with Crippen LogP contribution in [0.2, 0.25) is 5.28 Å². The predicted molar refractivity (Wildman–Crippen MR) is 73.1 cm³/mol. The Bertz CT molecular complexity index is 520. The van der Waals surface area contributed by atoms with Gasteiger partial charge in [-0.2, -0.15) is 15.0 Å². The molecule has 1 aromatic carbocycles.